The van der Waals surface area contributed by atoms with Crippen molar-refractivity contribution in [3.63, 3.8) is 0 Å². The van der Waals surface area contributed by atoms with E-state index < -0.39 is 6.10 Å². The average Bonchev–Trinajstić information content (AvgIpc) is 3.21. The van der Waals surface area contributed by atoms with E-state index in [1.807, 2.05) is 0 Å². The highest BCUT2D eigenvalue weighted by molar-refractivity contribution is 5.96. The summed E-state index contributed by atoms with van der Waals surface area (Å²) in [6.07, 6.45) is 3.10. The van der Waals surface area contributed by atoms with Crippen molar-refractivity contribution in [2.75, 3.05) is 6.54 Å². The Morgan fingerprint density at radius 3 is 3.16 bits per heavy atom. The molecule has 0 saturated heterocycles. The second-order valence-electron chi connectivity index (χ2n) is 4.96. The Bertz CT molecular complexity index is 619. The number of carbonyl (C=O) groups is 1. The lowest BCUT2D eigenvalue weighted by molar-refractivity contribution is 0.0901. The van der Waals surface area contributed by atoms with Crippen molar-refractivity contribution in [3.8, 4) is 0 Å². The van der Waals surface area contributed by atoms with Gasteiger partial charge >= 0.3 is 0 Å². The van der Waals surface area contributed by atoms with Gasteiger partial charge in [0.05, 0.1) is 22.7 Å². The highest BCUT2D eigenvalue weighted by Gasteiger charge is 2.29. The summed E-state index contributed by atoms with van der Waals surface area (Å²) in [5, 5.41) is 17.0. The summed E-state index contributed by atoms with van der Waals surface area (Å²) in [7, 11) is 0. The van der Waals surface area contributed by atoms with Crippen LogP contribution >= 0.6 is 0 Å². The van der Waals surface area contributed by atoms with E-state index in [9.17, 15) is 9.90 Å². The molecule has 1 amide bonds. The van der Waals surface area contributed by atoms with E-state index in [4.69, 9.17) is 4.52 Å². The van der Waals surface area contributed by atoms with Crippen LogP contribution in [0.15, 0.2) is 16.8 Å². The van der Waals surface area contributed by atoms with Gasteiger partial charge in [-0.15, -0.1) is 0 Å². The fourth-order valence-corrected chi connectivity index (χ4v) is 2.02. The van der Waals surface area contributed by atoms with Crippen molar-refractivity contribution < 1.29 is 14.4 Å². The van der Waals surface area contributed by atoms with Gasteiger partial charge in [0.2, 0.25) is 0 Å². The van der Waals surface area contributed by atoms with E-state index in [-0.39, 0.29) is 12.5 Å². The lowest BCUT2D eigenvalue weighted by atomic mass is 10.2. The lowest BCUT2D eigenvalue weighted by Crippen LogP contribution is -2.33. The first-order valence-electron chi connectivity index (χ1n) is 6.33. The second-order valence-corrected chi connectivity index (χ2v) is 4.96. The predicted octanol–water partition coefficient (Wildman–Crippen LogP) is 1.03. The SMILES string of the molecule is Cc1noc2ncc(C(=O)NCC(O)C3CC3)cc12. The molecule has 1 fully saturated rings. The minimum absolute atomic E-state index is 0.241. The maximum Gasteiger partial charge on any atom is 0.257 e. The summed E-state index contributed by atoms with van der Waals surface area (Å²) in [5.74, 6) is 0.107. The zero-order chi connectivity index (χ0) is 13.4. The van der Waals surface area contributed by atoms with Crippen LogP contribution in [0.2, 0.25) is 0 Å². The molecule has 1 aliphatic carbocycles. The smallest absolute Gasteiger partial charge is 0.257 e. The van der Waals surface area contributed by atoms with Gasteiger partial charge in [0, 0.05) is 12.7 Å². The van der Waals surface area contributed by atoms with Crippen molar-refractivity contribution in [1.29, 1.82) is 0 Å². The monoisotopic (exact) mass is 261 g/mol. The molecular formula is C13H15N3O3. The van der Waals surface area contributed by atoms with Crippen LogP contribution in [0.4, 0.5) is 0 Å². The molecule has 0 bridgehead atoms. The van der Waals surface area contributed by atoms with Crippen molar-refractivity contribution >= 4 is 17.0 Å². The van der Waals surface area contributed by atoms with Crippen LogP contribution in [0.3, 0.4) is 0 Å². The summed E-state index contributed by atoms with van der Waals surface area (Å²) in [6.45, 7) is 2.08. The molecule has 0 spiro atoms. The van der Waals surface area contributed by atoms with E-state index in [1.165, 1.54) is 6.20 Å². The quantitative estimate of drug-likeness (QED) is 0.858. The number of pyridine rings is 1. The van der Waals surface area contributed by atoms with Crippen molar-refractivity contribution in [2.45, 2.75) is 25.9 Å². The summed E-state index contributed by atoms with van der Waals surface area (Å²) < 4.78 is 4.99. The number of aliphatic hydroxyl groups is 1. The number of aryl methyl sites for hydroxylation is 1. The fourth-order valence-electron chi connectivity index (χ4n) is 2.02. The molecular weight excluding hydrogens is 246 g/mol. The van der Waals surface area contributed by atoms with Gasteiger partial charge in [0.25, 0.3) is 11.6 Å². The molecule has 1 atom stereocenters. The molecule has 6 nitrogen and oxygen atoms in total. The molecule has 1 saturated carbocycles. The standard InChI is InChI=1S/C13H15N3O3/c1-7-10-4-9(5-15-13(10)19-16-7)12(18)14-6-11(17)8-2-3-8/h4-5,8,11,17H,2-3,6H2,1H3,(H,14,18). The molecule has 1 aliphatic rings. The Morgan fingerprint density at radius 2 is 2.42 bits per heavy atom. The number of rotatable bonds is 4. The molecule has 0 radical (unpaired) electrons. The molecule has 2 aromatic rings. The topological polar surface area (TPSA) is 88.2 Å². The van der Waals surface area contributed by atoms with E-state index in [0.717, 1.165) is 18.2 Å². The zero-order valence-corrected chi connectivity index (χ0v) is 10.6. The molecule has 1 unspecified atom stereocenters. The Kier molecular flexibility index (Phi) is 2.94. The number of carbonyl (C=O) groups excluding carboxylic acids is 1. The van der Waals surface area contributed by atoms with Gasteiger partial charge in [-0.2, -0.15) is 0 Å². The Balaban J connectivity index is 1.71. The van der Waals surface area contributed by atoms with Crippen LogP contribution in [0.5, 0.6) is 0 Å². The highest BCUT2D eigenvalue weighted by atomic mass is 16.5. The summed E-state index contributed by atoms with van der Waals surface area (Å²) in [6, 6.07) is 1.70. The molecule has 0 aliphatic heterocycles. The third-order valence-electron chi connectivity index (χ3n) is 3.41. The van der Waals surface area contributed by atoms with Crippen LogP contribution < -0.4 is 5.32 Å². The Labute approximate surface area is 109 Å². The maximum absolute atomic E-state index is 12.0. The summed E-state index contributed by atoms with van der Waals surface area (Å²) >= 11 is 0. The predicted molar refractivity (Wildman–Crippen MR) is 67.6 cm³/mol. The van der Waals surface area contributed by atoms with E-state index in [2.05, 4.69) is 15.5 Å². The second kappa shape index (κ2) is 4.62. The molecule has 2 N–H and O–H groups in total. The maximum atomic E-state index is 12.0. The van der Waals surface area contributed by atoms with Gasteiger partial charge < -0.3 is 14.9 Å². The van der Waals surface area contributed by atoms with Crippen LogP contribution in [-0.4, -0.2) is 33.8 Å². The van der Waals surface area contributed by atoms with Crippen LogP contribution in [0, 0.1) is 12.8 Å². The molecule has 6 heteroatoms. The van der Waals surface area contributed by atoms with E-state index in [1.54, 1.807) is 13.0 Å². The van der Waals surface area contributed by atoms with Crippen LogP contribution in [0.1, 0.15) is 28.9 Å². The Hall–Kier alpha value is -1.95. The zero-order valence-electron chi connectivity index (χ0n) is 10.6. The molecule has 0 aromatic carbocycles. The van der Waals surface area contributed by atoms with Crippen molar-refractivity contribution in [2.24, 2.45) is 5.92 Å². The van der Waals surface area contributed by atoms with Crippen LogP contribution in [-0.2, 0) is 0 Å². The molecule has 2 aromatic heterocycles. The normalized spacial score (nSPS) is 16.5. The number of amides is 1. The fraction of sp³-hybridized carbons (Fsp3) is 0.462. The average molecular weight is 261 g/mol. The van der Waals surface area contributed by atoms with Gasteiger partial charge in [-0.05, 0) is 31.7 Å². The highest BCUT2D eigenvalue weighted by Crippen LogP contribution is 2.32. The summed E-state index contributed by atoms with van der Waals surface area (Å²) in [4.78, 5) is 16.0. The van der Waals surface area contributed by atoms with Crippen LogP contribution in [0.25, 0.3) is 11.1 Å². The molecule has 3 rings (SSSR count). The van der Waals surface area contributed by atoms with Gasteiger partial charge in [0.1, 0.15) is 0 Å². The minimum Gasteiger partial charge on any atom is -0.391 e. The van der Waals surface area contributed by atoms with E-state index >= 15 is 0 Å². The van der Waals surface area contributed by atoms with Gasteiger partial charge in [-0.1, -0.05) is 5.16 Å². The van der Waals surface area contributed by atoms with Crippen molar-refractivity contribution in [1.82, 2.24) is 15.5 Å². The molecule has 2 heterocycles. The largest absolute Gasteiger partial charge is 0.391 e. The Morgan fingerprint density at radius 1 is 1.63 bits per heavy atom. The van der Waals surface area contributed by atoms with Gasteiger partial charge in [-0.3, -0.25) is 4.79 Å². The number of aliphatic hydroxyl groups excluding tert-OH is 1. The number of hydrogen-bond acceptors (Lipinski definition) is 5. The number of nitrogens with one attached hydrogen (secondary N) is 1. The first-order valence-corrected chi connectivity index (χ1v) is 6.33. The first kappa shape index (κ1) is 12.1. The molecule has 100 valence electrons. The first-order chi connectivity index (χ1) is 9.15. The van der Waals surface area contributed by atoms with Gasteiger partial charge in [-0.25, -0.2) is 4.98 Å². The number of nitrogens with zero attached hydrogens (tertiary/aromatic N) is 2. The van der Waals surface area contributed by atoms with Crippen molar-refractivity contribution in [3.05, 3.63) is 23.5 Å². The third-order valence-corrected chi connectivity index (χ3v) is 3.41. The number of hydrogen-bond donors (Lipinski definition) is 2. The third kappa shape index (κ3) is 2.44. The number of fused-ring (bicyclic) bond motifs is 1. The molecule has 19 heavy (non-hydrogen) atoms. The minimum atomic E-state index is -0.446. The number of aromatic nitrogens is 2. The van der Waals surface area contributed by atoms with Gasteiger partial charge in [0.15, 0.2) is 0 Å². The van der Waals surface area contributed by atoms with E-state index in [0.29, 0.717) is 22.9 Å². The lowest BCUT2D eigenvalue weighted by Gasteiger charge is -2.10. The summed E-state index contributed by atoms with van der Waals surface area (Å²) in [5.41, 5.74) is 1.57.